The molecule has 2 atom stereocenters. The molecule has 0 aliphatic carbocycles. The summed E-state index contributed by atoms with van der Waals surface area (Å²) in [5.74, 6) is 0.529. The smallest absolute Gasteiger partial charge is 0.217 e. The summed E-state index contributed by atoms with van der Waals surface area (Å²) in [5, 5.41) is 5.22. The molecular weight excluding hydrogens is 577 g/mol. The maximum Gasteiger partial charge on any atom is 0.217 e. The number of methoxy groups -OCH3 is 1. The summed E-state index contributed by atoms with van der Waals surface area (Å²) in [4.78, 5) is 8.94. The lowest BCUT2D eigenvalue weighted by molar-refractivity contribution is -0.190. The third-order valence-electron chi connectivity index (χ3n) is 7.61. The van der Waals surface area contributed by atoms with Gasteiger partial charge in [-0.05, 0) is 54.1 Å². The molecule has 0 spiro atoms. The van der Waals surface area contributed by atoms with Gasteiger partial charge in [-0.1, -0.05) is 41.4 Å². The number of anilines is 1. The van der Waals surface area contributed by atoms with Crippen molar-refractivity contribution in [1.82, 2.24) is 19.7 Å². The molecule has 11 heteroatoms. The van der Waals surface area contributed by atoms with Gasteiger partial charge in [-0.2, -0.15) is 5.10 Å². The van der Waals surface area contributed by atoms with Gasteiger partial charge in [-0.25, -0.2) is 9.67 Å². The minimum atomic E-state index is -1.14. The number of aromatic nitrogens is 3. The molecule has 220 valence electrons. The van der Waals surface area contributed by atoms with Crippen molar-refractivity contribution in [1.29, 1.82) is 0 Å². The second-order valence-corrected chi connectivity index (χ2v) is 11.3. The standard InChI is InChI=1S/C31H33Cl2N5O4/c1-39-26-7-2-23(3-8-26)17-36-12-14-37(15-13-36)25-5-9-27(10-6-25)40-18-28-19-41-31(42-28,20-38-22-34-21-35-38)29-11-4-24(32)16-30(29)33/h2-11,16,21-22,28H,12-15,17-20H2,1H3. The first-order valence-electron chi connectivity index (χ1n) is 13.9. The van der Waals surface area contributed by atoms with E-state index in [1.165, 1.54) is 17.6 Å². The van der Waals surface area contributed by atoms with Crippen LogP contribution in [-0.2, 0) is 28.4 Å². The van der Waals surface area contributed by atoms with Crippen LogP contribution in [0.25, 0.3) is 0 Å². The molecule has 2 aliphatic heterocycles. The zero-order valence-corrected chi connectivity index (χ0v) is 24.9. The van der Waals surface area contributed by atoms with Crippen LogP contribution in [0.5, 0.6) is 11.5 Å². The van der Waals surface area contributed by atoms with E-state index in [4.69, 9.17) is 42.1 Å². The van der Waals surface area contributed by atoms with Gasteiger partial charge in [0.2, 0.25) is 5.79 Å². The van der Waals surface area contributed by atoms with Gasteiger partial charge in [0.1, 0.15) is 43.4 Å². The molecule has 0 bridgehead atoms. The maximum atomic E-state index is 6.56. The SMILES string of the molecule is COc1ccc(CN2CCN(c3ccc(OCC4COC(Cn5cncn5)(c5ccc(Cl)cc5Cl)O4)cc3)CC2)cc1. The number of hydrogen-bond acceptors (Lipinski definition) is 8. The van der Waals surface area contributed by atoms with Crippen LogP contribution < -0.4 is 14.4 Å². The summed E-state index contributed by atoms with van der Waals surface area (Å²) in [6.45, 7) is 5.87. The van der Waals surface area contributed by atoms with E-state index in [0.29, 0.717) is 28.8 Å². The van der Waals surface area contributed by atoms with Crippen LogP contribution in [0.1, 0.15) is 11.1 Å². The van der Waals surface area contributed by atoms with Gasteiger partial charge in [-0.3, -0.25) is 4.90 Å². The van der Waals surface area contributed by atoms with Gasteiger partial charge >= 0.3 is 0 Å². The zero-order chi connectivity index (χ0) is 28.9. The fourth-order valence-electron chi connectivity index (χ4n) is 5.38. The van der Waals surface area contributed by atoms with Crippen LogP contribution in [0.2, 0.25) is 10.0 Å². The Morgan fingerprint density at radius 1 is 0.952 bits per heavy atom. The Hall–Kier alpha value is -3.34. The summed E-state index contributed by atoms with van der Waals surface area (Å²) in [5.41, 5.74) is 3.17. The number of ether oxygens (including phenoxy) is 4. The van der Waals surface area contributed by atoms with E-state index in [-0.39, 0.29) is 12.6 Å². The van der Waals surface area contributed by atoms with Crippen molar-refractivity contribution in [3.05, 3.63) is 101 Å². The van der Waals surface area contributed by atoms with Gasteiger partial charge in [-0.15, -0.1) is 0 Å². The normalized spacial score (nSPS) is 21.0. The quantitative estimate of drug-likeness (QED) is 0.241. The summed E-state index contributed by atoms with van der Waals surface area (Å²) >= 11 is 12.7. The van der Waals surface area contributed by atoms with E-state index in [0.717, 1.165) is 44.2 Å². The van der Waals surface area contributed by atoms with Crippen LogP contribution >= 0.6 is 23.2 Å². The largest absolute Gasteiger partial charge is 0.497 e. The first-order chi connectivity index (χ1) is 20.5. The van der Waals surface area contributed by atoms with E-state index < -0.39 is 5.79 Å². The van der Waals surface area contributed by atoms with Crippen molar-refractivity contribution in [3.63, 3.8) is 0 Å². The van der Waals surface area contributed by atoms with Gasteiger partial charge in [0.05, 0.1) is 18.7 Å². The van der Waals surface area contributed by atoms with E-state index in [2.05, 4.69) is 44.1 Å². The molecule has 0 saturated carbocycles. The second-order valence-electron chi connectivity index (χ2n) is 10.4. The summed E-state index contributed by atoms with van der Waals surface area (Å²) in [6.07, 6.45) is 2.78. The topological polar surface area (TPSA) is 74.1 Å². The predicted molar refractivity (Wildman–Crippen MR) is 161 cm³/mol. The Labute approximate surface area is 255 Å². The van der Waals surface area contributed by atoms with Crippen LogP contribution in [0.15, 0.2) is 79.4 Å². The lowest BCUT2D eigenvalue weighted by Gasteiger charge is -2.36. The molecule has 0 amide bonds. The minimum absolute atomic E-state index is 0.285. The molecule has 42 heavy (non-hydrogen) atoms. The van der Waals surface area contributed by atoms with E-state index >= 15 is 0 Å². The highest BCUT2D eigenvalue weighted by molar-refractivity contribution is 6.35. The number of rotatable bonds is 10. The molecule has 9 nitrogen and oxygen atoms in total. The Bertz CT molecular complexity index is 1450. The van der Waals surface area contributed by atoms with Crippen molar-refractivity contribution in [2.75, 3.05) is 51.4 Å². The highest BCUT2D eigenvalue weighted by Gasteiger charge is 2.45. The van der Waals surface area contributed by atoms with E-state index in [1.54, 1.807) is 30.3 Å². The van der Waals surface area contributed by atoms with Crippen molar-refractivity contribution >= 4 is 28.9 Å². The first kappa shape index (κ1) is 28.8. The Kier molecular flexibility index (Phi) is 8.83. The fraction of sp³-hybridized carbons (Fsp3) is 0.355. The van der Waals surface area contributed by atoms with Gasteiger partial charge in [0.15, 0.2) is 0 Å². The molecule has 6 rings (SSSR count). The molecule has 0 radical (unpaired) electrons. The van der Waals surface area contributed by atoms with E-state index in [9.17, 15) is 0 Å². The number of halogens is 2. The molecule has 3 heterocycles. The molecular formula is C31H33Cl2N5O4. The van der Waals surface area contributed by atoms with E-state index in [1.807, 2.05) is 30.3 Å². The van der Waals surface area contributed by atoms with Crippen molar-refractivity contribution < 1.29 is 18.9 Å². The number of benzene rings is 3. The third-order valence-corrected chi connectivity index (χ3v) is 8.16. The first-order valence-corrected chi connectivity index (χ1v) is 14.7. The van der Waals surface area contributed by atoms with Crippen LogP contribution in [0.3, 0.4) is 0 Å². The lowest BCUT2D eigenvalue weighted by Crippen LogP contribution is -2.45. The minimum Gasteiger partial charge on any atom is -0.497 e. The maximum absolute atomic E-state index is 6.56. The van der Waals surface area contributed by atoms with Crippen LogP contribution in [-0.4, -0.2) is 72.3 Å². The molecule has 2 fully saturated rings. The number of hydrogen-bond donors (Lipinski definition) is 0. The van der Waals surface area contributed by atoms with Crippen molar-refractivity contribution in [2.45, 2.75) is 25.0 Å². The lowest BCUT2D eigenvalue weighted by atomic mass is 10.1. The van der Waals surface area contributed by atoms with Crippen LogP contribution in [0.4, 0.5) is 5.69 Å². The predicted octanol–water partition coefficient (Wildman–Crippen LogP) is 5.26. The average molecular weight is 611 g/mol. The third kappa shape index (κ3) is 6.66. The molecule has 2 unspecified atom stereocenters. The van der Waals surface area contributed by atoms with Gasteiger partial charge < -0.3 is 23.8 Å². The molecule has 3 aromatic carbocycles. The van der Waals surface area contributed by atoms with Gasteiger partial charge in [0.25, 0.3) is 0 Å². The monoisotopic (exact) mass is 609 g/mol. The Morgan fingerprint density at radius 3 is 2.40 bits per heavy atom. The molecule has 0 N–H and O–H groups in total. The second kappa shape index (κ2) is 12.9. The Balaban J connectivity index is 1.02. The molecule has 2 saturated heterocycles. The fourth-order valence-corrected chi connectivity index (χ4v) is 5.93. The van der Waals surface area contributed by atoms with Crippen molar-refractivity contribution in [3.8, 4) is 11.5 Å². The summed E-state index contributed by atoms with van der Waals surface area (Å²) in [7, 11) is 1.69. The summed E-state index contributed by atoms with van der Waals surface area (Å²) < 4.78 is 25.7. The zero-order valence-electron chi connectivity index (χ0n) is 23.4. The molecule has 2 aliphatic rings. The number of piperazine rings is 1. The van der Waals surface area contributed by atoms with Gasteiger partial charge in [0, 0.05) is 49.0 Å². The highest BCUT2D eigenvalue weighted by Crippen LogP contribution is 2.40. The highest BCUT2D eigenvalue weighted by atomic mass is 35.5. The molecule has 4 aromatic rings. The average Bonchev–Trinajstić information content (AvgIpc) is 3.68. The van der Waals surface area contributed by atoms with Crippen molar-refractivity contribution in [2.24, 2.45) is 0 Å². The van der Waals surface area contributed by atoms with Crippen LogP contribution in [0, 0.1) is 0 Å². The Morgan fingerprint density at radius 2 is 1.71 bits per heavy atom. The summed E-state index contributed by atoms with van der Waals surface area (Å²) in [6, 6.07) is 21.8. The molecule has 1 aromatic heterocycles. The number of nitrogens with zero attached hydrogens (tertiary/aromatic N) is 5.